The highest BCUT2D eigenvalue weighted by Crippen LogP contribution is 2.28. The third-order valence-corrected chi connectivity index (χ3v) is 5.34. The van der Waals surface area contributed by atoms with Gasteiger partial charge in [-0.25, -0.2) is 0 Å². The lowest BCUT2D eigenvalue weighted by Gasteiger charge is -2.35. The summed E-state index contributed by atoms with van der Waals surface area (Å²) in [4.78, 5) is 40.1. The highest BCUT2D eigenvalue weighted by molar-refractivity contribution is 5.95. The maximum atomic E-state index is 12.8. The van der Waals surface area contributed by atoms with Crippen LogP contribution in [-0.2, 0) is 16.0 Å². The van der Waals surface area contributed by atoms with Crippen molar-refractivity contribution >= 4 is 17.8 Å². The second kappa shape index (κ2) is 10.7. The minimum Gasteiger partial charge on any atom is -0.493 e. The van der Waals surface area contributed by atoms with Crippen molar-refractivity contribution < 1.29 is 28.6 Å². The molecular weight excluding hydrogens is 412 g/mol. The molecule has 0 aromatic heterocycles. The van der Waals surface area contributed by atoms with Gasteiger partial charge >= 0.3 is 5.97 Å². The van der Waals surface area contributed by atoms with Gasteiger partial charge in [0.15, 0.2) is 11.5 Å². The molecule has 32 heavy (non-hydrogen) atoms. The number of benzene rings is 2. The van der Waals surface area contributed by atoms with Crippen LogP contribution in [0.5, 0.6) is 17.2 Å². The van der Waals surface area contributed by atoms with E-state index >= 15 is 0 Å². The Labute approximate surface area is 187 Å². The first-order chi connectivity index (χ1) is 15.4. The molecule has 1 aliphatic heterocycles. The van der Waals surface area contributed by atoms with Crippen LogP contribution in [0.4, 0.5) is 0 Å². The van der Waals surface area contributed by atoms with Crippen LogP contribution in [0.3, 0.4) is 0 Å². The van der Waals surface area contributed by atoms with Gasteiger partial charge in [-0.3, -0.25) is 14.4 Å². The molecule has 3 rings (SSSR count). The van der Waals surface area contributed by atoms with Gasteiger partial charge in [-0.05, 0) is 42.3 Å². The normalized spacial score (nSPS) is 13.5. The number of esters is 1. The van der Waals surface area contributed by atoms with E-state index in [1.54, 1.807) is 48.3 Å². The molecule has 0 bridgehead atoms. The molecule has 170 valence electrons. The number of rotatable bonds is 7. The van der Waals surface area contributed by atoms with Crippen LogP contribution in [0.1, 0.15) is 29.3 Å². The Hall–Kier alpha value is -3.55. The van der Waals surface area contributed by atoms with E-state index in [1.165, 1.54) is 6.92 Å². The van der Waals surface area contributed by atoms with E-state index < -0.39 is 5.97 Å². The van der Waals surface area contributed by atoms with Crippen molar-refractivity contribution in [3.05, 3.63) is 53.6 Å². The molecule has 1 aliphatic rings. The molecule has 0 N–H and O–H groups in total. The van der Waals surface area contributed by atoms with Gasteiger partial charge < -0.3 is 24.0 Å². The number of carbonyl (C=O) groups excluding carboxylic acids is 3. The molecular formula is C24H28N2O6. The number of methoxy groups -OCH3 is 2. The van der Waals surface area contributed by atoms with Crippen molar-refractivity contribution in [1.82, 2.24) is 9.80 Å². The molecule has 0 spiro atoms. The first-order valence-corrected chi connectivity index (χ1v) is 10.5. The van der Waals surface area contributed by atoms with E-state index in [0.29, 0.717) is 61.8 Å². The van der Waals surface area contributed by atoms with Crippen LogP contribution >= 0.6 is 0 Å². The molecule has 0 saturated carbocycles. The Morgan fingerprint density at radius 3 is 2.22 bits per heavy atom. The molecule has 0 radical (unpaired) electrons. The fourth-order valence-electron chi connectivity index (χ4n) is 3.65. The number of piperazine rings is 1. The monoisotopic (exact) mass is 440 g/mol. The molecule has 8 nitrogen and oxygen atoms in total. The molecule has 8 heteroatoms. The fourth-order valence-corrected chi connectivity index (χ4v) is 3.65. The molecule has 0 aliphatic carbocycles. The third kappa shape index (κ3) is 5.78. The zero-order valence-corrected chi connectivity index (χ0v) is 18.6. The molecule has 2 amide bonds. The summed E-state index contributed by atoms with van der Waals surface area (Å²) in [6.07, 6.45) is 0.981. The zero-order chi connectivity index (χ0) is 23.1. The summed E-state index contributed by atoms with van der Waals surface area (Å²) in [5.41, 5.74) is 1.45. The SMILES string of the molecule is COc1ccc(CCC(=O)N2CCN(C(=O)c3cccc(OC(C)=O)c3)CC2)cc1OC. The summed E-state index contributed by atoms with van der Waals surface area (Å²) in [7, 11) is 3.17. The third-order valence-electron chi connectivity index (χ3n) is 5.34. The van der Waals surface area contributed by atoms with Crippen LogP contribution < -0.4 is 14.2 Å². The first-order valence-electron chi connectivity index (χ1n) is 10.5. The van der Waals surface area contributed by atoms with Gasteiger partial charge in [-0.2, -0.15) is 0 Å². The first kappa shape index (κ1) is 23.1. The summed E-state index contributed by atoms with van der Waals surface area (Å²) in [6.45, 7) is 3.20. The van der Waals surface area contributed by atoms with Crippen LogP contribution in [0.15, 0.2) is 42.5 Å². The summed E-state index contributed by atoms with van der Waals surface area (Å²) >= 11 is 0. The van der Waals surface area contributed by atoms with Crippen LogP contribution in [-0.4, -0.2) is 68.0 Å². The number of hydrogen-bond acceptors (Lipinski definition) is 6. The topological polar surface area (TPSA) is 85.4 Å². The van der Waals surface area contributed by atoms with Crippen molar-refractivity contribution in [3.63, 3.8) is 0 Å². The number of hydrogen-bond donors (Lipinski definition) is 0. The van der Waals surface area contributed by atoms with Gasteiger partial charge in [0.25, 0.3) is 5.91 Å². The van der Waals surface area contributed by atoms with E-state index in [9.17, 15) is 14.4 Å². The number of aryl methyl sites for hydroxylation is 1. The van der Waals surface area contributed by atoms with Gasteiger partial charge in [0.1, 0.15) is 5.75 Å². The summed E-state index contributed by atoms with van der Waals surface area (Å²) in [5, 5.41) is 0. The number of nitrogens with zero attached hydrogens (tertiary/aromatic N) is 2. The van der Waals surface area contributed by atoms with E-state index in [4.69, 9.17) is 14.2 Å². The van der Waals surface area contributed by atoms with Crippen molar-refractivity contribution in [2.75, 3.05) is 40.4 Å². The van der Waals surface area contributed by atoms with Crippen LogP contribution in [0.25, 0.3) is 0 Å². The standard InChI is InChI=1S/C24H28N2O6/c1-17(27)32-20-6-4-5-19(16-20)24(29)26-13-11-25(12-14-26)23(28)10-8-18-7-9-21(30-2)22(15-18)31-3/h4-7,9,15-16H,8,10-14H2,1-3H3. The Bertz CT molecular complexity index is 982. The summed E-state index contributed by atoms with van der Waals surface area (Å²) < 4.78 is 15.6. The van der Waals surface area contributed by atoms with Gasteiger partial charge in [-0.1, -0.05) is 12.1 Å². The Kier molecular flexibility index (Phi) is 7.70. The van der Waals surface area contributed by atoms with Crippen molar-refractivity contribution in [3.8, 4) is 17.2 Å². The highest BCUT2D eigenvalue weighted by Gasteiger charge is 2.25. The highest BCUT2D eigenvalue weighted by atomic mass is 16.5. The van der Waals surface area contributed by atoms with Gasteiger partial charge in [-0.15, -0.1) is 0 Å². The Balaban J connectivity index is 1.51. The second-order valence-electron chi connectivity index (χ2n) is 7.48. The summed E-state index contributed by atoms with van der Waals surface area (Å²) in [6, 6.07) is 12.2. The lowest BCUT2D eigenvalue weighted by atomic mass is 10.1. The van der Waals surface area contributed by atoms with Gasteiger partial charge in [0.05, 0.1) is 14.2 Å². The molecule has 0 unspecified atom stereocenters. The Morgan fingerprint density at radius 1 is 0.875 bits per heavy atom. The van der Waals surface area contributed by atoms with Crippen molar-refractivity contribution in [2.24, 2.45) is 0 Å². The number of ether oxygens (including phenoxy) is 3. The minimum atomic E-state index is -0.435. The molecule has 2 aromatic carbocycles. The molecule has 0 atom stereocenters. The molecule has 1 saturated heterocycles. The van der Waals surface area contributed by atoms with Crippen LogP contribution in [0, 0.1) is 0 Å². The van der Waals surface area contributed by atoms with E-state index in [-0.39, 0.29) is 11.8 Å². The van der Waals surface area contributed by atoms with Crippen LogP contribution in [0.2, 0.25) is 0 Å². The van der Waals surface area contributed by atoms with Gasteiger partial charge in [0.2, 0.25) is 5.91 Å². The average Bonchev–Trinajstić information content (AvgIpc) is 2.81. The maximum Gasteiger partial charge on any atom is 0.308 e. The second-order valence-corrected chi connectivity index (χ2v) is 7.48. The van der Waals surface area contributed by atoms with Gasteiger partial charge in [0, 0.05) is 45.1 Å². The predicted molar refractivity (Wildman–Crippen MR) is 118 cm³/mol. The maximum absolute atomic E-state index is 12.8. The quantitative estimate of drug-likeness (QED) is 0.486. The minimum absolute atomic E-state index is 0.0590. The lowest BCUT2D eigenvalue weighted by molar-refractivity contribution is -0.133. The number of amides is 2. The predicted octanol–water partition coefficient (Wildman–Crippen LogP) is 2.55. The lowest BCUT2D eigenvalue weighted by Crippen LogP contribution is -2.50. The van der Waals surface area contributed by atoms with E-state index in [1.807, 2.05) is 18.2 Å². The zero-order valence-electron chi connectivity index (χ0n) is 18.6. The molecule has 2 aromatic rings. The largest absolute Gasteiger partial charge is 0.493 e. The average molecular weight is 440 g/mol. The smallest absolute Gasteiger partial charge is 0.308 e. The van der Waals surface area contributed by atoms with Crippen molar-refractivity contribution in [1.29, 1.82) is 0 Å². The van der Waals surface area contributed by atoms with E-state index in [2.05, 4.69) is 0 Å². The van der Waals surface area contributed by atoms with E-state index in [0.717, 1.165) is 5.56 Å². The van der Waals surface area contributed by atoms with Crippen molar-refractivity contribution in [2.45, 2.75) is 19.8 Å². The fraction of sp³-hybridized carbons (Fsp3) is 0.375. The summed E-state index contributed by atoms with van der Waals surface area (Å²) in [5.74, 6) is 1.12. The molecule has 1 fully saturated rings. The Morgan fingerprint density at radius 2 is 1.56 bits per heavy atom. The number of carbonyl (C=O) groups is 3. The molecule has 1 heterocycles.